The topological polar surface area (TPSA) is 104 Å². The first-order valence-corrected chi connectivity index (χ1v) is 11.4. The summed E-state index contributed by atoms with van der Waals surface area (Å²) < 4.78 is 2.23. The van der Waals surface area contributed by atoms with Gasteiger partial charge in [-0.15, -0.1) is 0 Å². The van der Waals surface area contributed by atoms with Crippen LogP contribution in [0.25, 0.3) is 22.4 Å². The van der Waals surface area contributed by atoms with Crippen LogP contribution in [0.3, 0.4) is 0 Å². The molecule has 1 heterocycles. The third kappa shape index (κ3) is 4.18. The second-order valence-electron chi connectivity index (χ2n) is 8.64. The Labute approximate surface area is 196 Å². The van der Waals surface area contributed by atoms with E-state index in [1.54, 1.807) is 48.5 Å². The fourth-order valence-corrected chi connectivity index (χ4v) is 4.69. The number of carbonyl (C=O) groups is 2. The molecule has 1 fully saturated rings. The molecule has 1 amide bonds. The van der Waals surface area contributed by atoms with E-state index >= 15 is 0 Å². The third-order valence-electron chi connectivity index (χ3n) is 6.40. The molecule has 4 aromatic rings. The van der Waals surface area contributed by atoms with E-state index in [1.165, 1.54) is 0 Å². The van der Waals surface area contributed by atoms with Crippen LogP contribution in [0.4, 0.5) is 5.69 Å². The number of anilines is 1. The molecule has 7 nitrogen and oxygen atoms in total. The van der Waals surface area contributed by atoms with Gasteiger partial charge in [0.2, 0.25) is 0 Å². The molecule has 34 heavy (non-hydrogen) atoms. The summed E-state index contributed by atoms with van der Waals surface area (Å²) in [5.74, 6) is -0.428. The number of amides is 1. The number of imidazole rings is 1. The van der Waals surface area contributed by atoms with Crippen molar-refractivity contribution in [3.05, 3.63) is 83.4 Å². The first-order chi connectivity index (χ1) is 16.5. The van der Waals surface area contributed by atoms with Gasteiger partial charge in [-0.2, -0.15) is 0 Å². The number of benzene rings is 3. The number of fused-ring (bicyclic) bond motifs is 1. The monoisotopic (exact) mass is 455 g/mol. The average molecular weight is 456 g/mol. The van der Waals surface area contributed by atoms with E-state index < -0.39 is 5.97 Å². The van der Waals surface area contributed by atoms with Crippen LogP contribution in [0, 0.1) is 0 Å². The number of aromatic carboxylic acids is 1. The summed E-state index contributed by atoms with van der Waals surface area (Å²) >= 11 is 0. The molecule has 0 spiro atoms. The maximum atomic E-state index is 12.7. The van der Waals surface area contributed by atoms with Crippen LogP contribution >= 0.6 is 0 Å². The lowest BCUT2D eigenvalue weighted by Crippen LogP contribution is -2.12. The lowest BCUT2D eigenvalue weighted by Gasteiger charge is -2.17. The predicted octanol–water partition coefficient (Wildman–Crippen LogP) is 5.26. The number of nitrogens with one attached hydrogen (secondary N) is 1. The van der Waals surface area contributed by atoms with Gasteiger partial charge in [-0.25, -0.2) is 9.78 Å². The van der Waals surface area contributed by atoms with Crippen molar-refractivity contribution in [3.63, 3.8) is 0 Å². The Morgan fingerprint density at radius 3 is 2.41 bits per heavy atom. The van der Waals surface area contributed by atoms with Gasteiger partial charge >= 0.3 is 5.97 Å². The molecule has 1 saturated carbocycles. The molecular weight excluding hydrogens is 430 g/mol. The zero-order valence-electron chi connectivity index (χ0n) is 18.6. The van der Waals surface area contributed by atoms with Crippen LogP contribution in [0.1, 0.15) is 58.0 Å². The average Bonchev–Trinajstić information content (AvgIpc) is 3.51. The number of aromatic nitrogens is 2. The fraction of sp³-hybridized carbons (Fsp3) is 0.222. The minimum Gasteiger partial charge on any atom is -0.478 e. The van der Waals surface area contributed by atoms with Crippen LogP contribution < -0.4 is 5.32 Å². The van der Waals surface area contributed by atoms with Gasteiger partial charge in [0, 0.05) is 22.9 Å². The van der Waals surface area contributed by atoms with Crippen LogP contribution in [0.2, 0.25) is 0 Å². The molecule has 172 valence electrons. The molecule has 7 heteroatoms. The molecule has 0 bridgehead atoms. The zero-order valence-corrected chi connectivity index (χ0v) is 18.6. The van der Waals surface area contributed by atoms with Gasteiger partial charge in [0.25, 0.3) is 5.91 Å². The Hall–Kier alpha value is -3.97. The Morgan fingerprint density at radius 2 is 1.71 bits per heavy atom. The molecule has 0 saturated heterocycles. The van der Waals surface area contributed by atoms with E-state index in [-0.39, 0.29) is 18.1 Å². The van der Waals surface area contributed by atoms with Gasteiger partial charge in [-0.3, -0.25) is 4.79 Å². The van der Waals surface area contributed by atoms with Gasteiger partial charge in [-0.1, -0.05) is 37.1 Å². The summed E-state index contributed by atoms with van der Waals surface area (Å²) in [5.41, 5.74) is 4.54. The largest absolute Gasteiger partial charge is 0.478 e. The SMILES string of the molecule is O=C(O)c1ccc2c(c1)nc(-c1ccc(C(=O)Nc3cccc(CO)c3)cc1)n2C1CCCC1. The number of hydrogen-bond donors (Lipinski definition) is 3. The Kier molecular flexibility index (Phi) is 5.86. The maximum Gasteiger partial charge on any atom is 0.335 e. The second-order valence-corrected chi connectivity index (χ2v) is 8.64. The fourth-order valence-electron chi connectivity index (χ4n) is 4.69. The number of aliphatic hydroxyl groups is 1. The number of nitrogens with zero attached hydrogens (tertiary/aromatic N) is 2. The van der Waals surface area contributed by atoms with Gasteiger partial charge in [-0.05, 0) is 60.9 Å². The Balaban J connectivity index is 1.47. The van der Waals surface area contributed by atoms with Crippen molar-refractivity contribution < 1.29 is 19.8 Å². The number of carboxylic acid groups (broad SMARTS) is 1. The highest BCUT2D eigenvalue weighted by Crippen LogP contribution is 2.37. The van der Waals surface area contributed by atoms with E-state index in [9.17, 15) is 19.8 Å². The smallest absolute Gasteiger partial charge is 0.335 e. The van der Waals surface area contributed by atoms with Gasteiger partial charge in [0.15, 0.2) is 0 Å². The van der Waals surface area contributed by atoms with E-state index in [1.807, 2.05) is 18.2 Å². The van der Waals surface area contributed by atoms with Crippen molar-refractivity contribution in [1.29, 1.82) is 0 Å². The molecule has 3 N–H and O–H groups in total. The summed E-state index contributed by atoms with van der Waals surface area (Å²) in [6.45, 7) is -0.0889. The standard InChI is InChI=1S/C27H25N3O4/c31-16-17-4-3-5-21(14-17)28-26(32)19-10-8-18(9-11-19)25-29-23-15-20(27(33)34)12-13-24(23)30(25)22-6-1-2-7-22/h3-5,8-15,22,31H,1-2,6-7,16H2,(H,28,32)(H,33,34). The normalized spacial score (nSPS) is 13.9. The Morgan fingerprint density at radius 1 is 0.971 bits per heavy atom. The lowest BCUT2D eigenvalue weighted by molar-refractivity contribution is 0.0696. The first-order valence-electron chi connectivity index (χ1n) is 11.4. The summed E-state index contributed by atoms with van der Waals surface area (Å²) in [7, 11) is 0. The second kappa shape index (κ2) is 9.11. The molecule has 1 aromatic heterocycles. The minimum absolute atomic E-state index is 0.0889. The van der Waals surface area contributed by atoms with E-state index in [0.29, 0.717) is 22.8 Å². The zero-order chi connectivity index (χ0) is 23.7. The quantitative estimate of drug-likeness (QED) is 0.368. The number of carboxylic acids is 1. The van der Waals surface area contributed by atoms with Crippen LogP contribution in [0.5, 0.6) is 0 Å². The summed E-state index contributed by atoms with van der Waals surface area (Å²) in [6, 6.07) is 19.8. The van der Waals surface area contributed by atoms with Gasteiger partial charge in [0.05, 0.1) is 23.2 Å². The highest BCUT2D eigenvalue weighted by atomic mass is 16.4. The van der Waals surface area contributed by atoms with Crippen molar-refractivity contribution in [3.8, 4) is 11.4 Å². The van der Waals surface area contributed by atoms with Gasteiger partial charge < -0.3 is 20.1 Å². The highest BCUT2D eigenvalue weighted by Gasteiger charge is 2.24. The molecule has 0 atom stereocenters. The molecule has 3 aromatic carbocycles. The van der Waals surface area contributed by atoms with Crippen LogP contribution in [-0.4, -0.2) is 31.6 Å². The molecule has 1 aliphatic rings. The highest BCUT2D eigenvalue weighted by molar-refractivity contribution is 6.04. The van der Waals surface area contributed by atoms with Crippen LogP contribution in [-0.2, 0) is 6.61 Å². The van der Waals surface area contributed by atoms with E-state index in [0.717, 1.165) is 48.2 Å². The van der Waals surface area contributed by atoms with E-state index in [2.05, 4.69) is 9.88 Å². The molecule has 0 radical (unpaired) electrons. The molecule has 0 unspecified atom stereocenters. The number of hydrogen-bond acceptors (Lipinski definition) is 4. The molecular formula is C27H25N3O4. The van der Waals surface area contributed by atoms with Crippen molar-refractivity contribution in [2.45, 2.75) is 38.3 Å². The summed E-state index contributed by atoms with van der Waals surface area (Å²) in [5, 5.41) is 21.5. The van der Waals surface area contributed by atoms with Gasteiger partial charge in [0.1, 0.15) is 5.82 Å². The van der Waals surface area contributed by atoms with Crippen molar-refractivity contribution in [2.24, 2.45) is 0 Å². The Bertz CT molecular complexity index is 1370. The number of aliphatic hydroxyl groups excluding tert-OH is 1. The molecule has 0 aliphatic heterocycles. The molecule has 5 rings (SSSR count). The third-order valence-corrected chi connectivity index (χ3v) is 6.40. The lowest BCUT2D eigenvalue weighted by atomic mass is 10.1. The van der Waals surface area contributed by atoms with Crippen molar-refractivity contribution in [1.82, 2.24) is 9.55 Å². The predicted molar refractivity (Wildman–Crippen MR) is 130 cm³/mol. The summed E-state index contributed by atoms with van der Waals surface area (Å²) in [6.07, 6.45) is 4.44. The minimum atomic E-state index is -0.973. The van der Waals surface area contributed by atoms with Crippen molar-refractivity contribution in [2.75, 3.05) is 5.32 Å². The molecule has 1 aliphatic carbocycles. The van der Waals surface area contributed by atoms with Crippen molar-refractivity contribution >= 4 is 28.6 Å². The van der Waals surface area contributed by atoms with E-state index in [4.69, 9.17) is 4.98 Å². The first kappa shape index (κ1) is 21.9. The maximum absolute atomic E-state index is 12.7. The summed E-state index contributed by atoms with van der Waals surface area (Å²) in [4.78, 5) is 29.0. The number of carbonyl (C=O) groups excluding carboxylic acids is 1. The number of rotatable bonds is 6. The van der Waals surface area contributed by atoms with Crippen LogP contribution in [0.15, 0.2) is 66.7 Å².